The van der Waals surface area contributed by atoms with Crippen LogP contribution < -0.4 is 5.48 Å². The Morgan fingerprint density at radius 3 is 2.51 bits per heavy atom. The SMILES string of the molecule is CN(Cc1cn(C(=Cc2ccc(O)cc2)C(=O)NO)nn1)S(=O)(=O)c1ccc(-c2ccccc2)s1. The highest BCUT2D eigenvalue weighted by Gasteiger charge is 2.25. The molecule has 35 heavy (non-hydrogen) atoms. The summed E-state index contributed by atoms with van der Waals surface area (Å²) in [5.74, 6) is -0.785. The Morgan fingerprint density at radius 2 is 1.83 bits per heavy atom. The zero-order valence-corrected chi connectivity index (χ0v) is 20.1. The van der Waals surface area contributed by atoms with Gasteiger partial charge in [0.1, 0.15) is 15.7 Å². The van der Waals surface area contributed by atoms with E-state index in [-0.39, 0.29) is 22.2 Å². The Hall–Kier alpha value is -3.84. The summed E-state index contributed by atoms with van der Waals surface area (Å²) in [5.41, 5.74) is 3.28. The first-order chi connectivity index (χ1) is 16.8. The third-order valence-corrected chi connectivity index (χ3v) is 8.41. The first-order valence-electron chi connectivity index (χ1n) is 10.3. The normalized spacial score (nSPS) is 12.1. The molecule has 4 aromatic rings. The number of sulfonamides is 1. The molecule has 12 heteroatoms. The van der Waals surface area contributed by atoms with E-state index in [2.05, 4.69) is 10.3 Å². The van der Waals surface area contributed by atoms with Gasteiger partial charge in [0.2, 0.25) is 0 Å². The molecule has 180 valence electrons. The second kappa shape index (κ2) is 10.2. The van der Waals surface area contributed by atoms with Gasteiger partial charge in [0.15, 0.2) is 0 Å². The number of hydrogen-bond acceptors (Lipinski definition) is 8. The van der Waals surface area contributed by atoms with Crippen molar-refractivity contribution < 1.29 is 23.5 Å². The minimum absolute atomic E-state index is 0.0595. The maximum Gasteiger partial charge on any atom is 0.293 e. The molecule has 0 aliphatic carbocycles. The molecule has 1 amide bonds. The number of thiophene rings is 1. The number of aromatic nitrogens is 3. The lowest BCUT2D eigenvalue weighted by Crippen LogP contribution is -2.26. The van der Waals surface area contributed by atoms with Crippen LogP contribution in [0.15, 0.2) is 77.1 Å². The van der Waals surface area contributed by atoms with Crippen LogP contribution in [0, 0.1) is 0 Å². The molecule has 0 saturated heterocycles. The Balaban J connectivity index is 1.55. The minimum atomic E-state index is -3.79. The largest absolute Gasteiger partial charge is 0.508 e. The van der Waals surface area contributed by atoms with E-state index in [9.17, 15) is 18.3 Å². The van der Waals surface area contributed by atoms with Crippen molar-refractivity contribution in [3.05, 3.63) is 84.2 Å². The molecular weight excluding hydrogens is 490 g/mol. The Morgan fingerprint density at radius 1 is 1.11 bits per heavy atom. The van der Waals surface area contributed by atoms with E-state index in [4.69, 9.17) is 5.21 Å². The Kier molecular flexibility index (Phi) is 7.07. The smallest absolute Gasteiger partial charge is 0.293 e. The summed E-state index contributed by atoms with van der Waals surface area (Å²) in [7, 11) is -2.36. The molecule has 0 bridgehead atoms. The molecule has 4 rings (SSSR count). The molecule has 0 spiro atoms. The van der Waals surface area contributed by atoms with E-state index < -0.39 is 15.9 Å². The molecule has 3 N–H and O–H groups in total. The third kappa shape index (κ3) is 5.46. The summed E-state index contributed by atoms with van der Waals surface area (Å²) >= 11 is 1.17. The summed E-state index contributed by atoms with van der Waals surface area (Å²) in [6.45, 7) is -0.0891. The minimum Gasteiger partial charge on any atom is -0.508 e. The quantitative estimate of drug-likeness (QED) is 0.188. The maximum absolute atomic E-state index is 13.1. The van der Waals surface area contributed by atoms with Crippen LogP contribution in [0.5, 0.6) is 5.75 Å². The fraction of sp³-hybridized carbons (Fsp3) is 0.0870. The summed E-state index contributed by atoms with van der Waals surface area (Å²) in [5, 5.41) is 26.5. The van der Waals surface area contributed by atoms with Crippen molar-refractivity contribution in [1.82, 2.24) is 24.8 Å². The topological polar surface area (TPSA) is 138 Å². The van der Waals surface area contributed by atoms with E-state index >= 15 is 0 Å². The van der Waals surface area contributed by atoms with Crippen molar-refractivity contribution in [3.8, 4) is 16.2 Å². The third-order valence-electron chi connectivity index (χ3n) is 5.01. The molecule has 2 aromatic heterocycles. The number of carbonyl (C=O) groups is 1. The van der Waals surface area contributed by atoms with Crippen LogP contribution in [0.2, 0.25) is 0 Å². The summed E-state index contributed by atoms with van der Waals surface area (Å²) in [6.07, 6.45) is 2.83. The lowest BCUT2D eigenvalue weighted by molar-refractivity contribution is -0.123. The van der Waals surface area contributed by atoms with Gasteiger partial charge in [0.05, 0.1) is 18.4 Å². The van der Waals surface area contributed by atoms with Gasteiger partial charge in [0, 0.05) is 11.9 Å². The Bertz CT molecular complexity index is 1460. The first kappa shape index (κ1) is 24.3. The number of amides is 1. The molecule has 2 heterocycles. The molecule has 0 unspecified atom stereocenters. The van der Waals surface area contributed by atoms with Gasteiger partial charge in [-0.1, -0.05) is 47.7 Å². The van der Waals surface area contributed by atoms with Crippen LogP contribution in [-0.2, 0) is 21.4 Å². The Labute approximate surface area is 205 Å². The monoisotopic (exact) mass is 511 g/mol. The van der Waals surface area contributed by atoms with Crippen molar-refractivity contribution in [2.75, 3.05) is 7.05 Å². The van der Waals surface area contributed by atoms with Crippen LogP contribution in [-0.4, -0.2) is 51.0 Å². The molecule has 0 aliphatic rings. The second-order valence-electron chi connectivity index (χ2n) is 7.46. The van der Waals surface area contributed by atoms with Gasteiger partial charge in [0.25, 0.3) is 15.9 Å². The van der Waals surface area contributed by atoms with Gasteiger partial charge in [-0.25, -0.2) is 18.6 Å². The molecular formula is C23H21N5O5S2. The standard InChI is InChI=1S/C23H21N5O5S2/c1-27(35(32,33)22-12-11-21(34-22)17-5-3-2-4-6-17)14-18-15-28(26-24-18)20(23(30)25-31)13-16-7-9-19(29)10-8-16/h2-13,15,29,31H,14H2,1H3,(H,25,30). The summed E-state index contributed by atoms with van der Waals surface area (Å²) < 4.78 is 28.7. The summed E-state index contributed by atoms with van der Waals surface area (Å²) in [6, 6.07) is 18.9. The van der Waals surface area contributed by atoms with Crippen LogP contribution in [0.25, 0.3) is 22.2 Å². The van der Waals surface area contributed by atoms with E-state index in [1.807, 2.05) is 30.3 Å². The van der Waals surface area contributed by atoms with Crippen molar-refractivity contribution in [3.63, 3.8) is 0 Å². The van der Waals surface area contributed by atoms with E-state index in [1.165, 1.54) is 42.8 Å². The number of hydrogen-bond donors (Lipinski definition) is 3. The number of benzene rings is 2. The zero-order chi connectivity index (χ0) is 25.0. The lowest BCUT2D eigenvalue weighted by Gasteiger charge is -2.14. The molecule has 10 nitrogen and oxygen atoms in total. The van der Waals surface area contributed by atoms with Crippen LogP contribution in [0.3, 0.4) is 0 Å². The predicted molar refractivity (Wildman–Crippen MR) is 131 cm³/mol. The van der Waals surface area contributed by atoms with Gasteiger partial charge in [-0.3, -0.25) is 10.0 Å². The number of rotatable bonds is 8. The van der Waals surface area contributed by atoms with Gasteiger partial charge < -0.3 is 5.11 Å². The number of nitrogens with one attached hydrogen (secondary N) is 1. The zero-order valence-electron chi connectivity index (χ0n) is 18.4. The van der Waals surface area contributed by atoms with Gasteiger partial charge >= 0.3 is 0 Å². The fourth-order valence-electron chi connectivity index (χ4n) is 3.19. The van der Waals surface area contributed by atoms with Crippen molar-refractivity contribution in [2.45, 2.75) is 10.8 Å². The number of hydroxylamine groups is 1. The van der Waals surface area contributed by atoms with Crippen LogP contribution in [0.4, 0.5) is 0 Å². The van der Waals surface area contributed by atoms with Crippen molar-refractivity contribution in [1.29, 1.82) is 0 Å². The maximum atomic E-state index is 13.1. The molecule has 2 aromatic carbocycles. The predicted octanol–water partition coefficient (Wildman–Crippen LogP) is 3.04. The molecule has 0 saturated carbocycles. The van der Waals surface area contributed by atoms with E-state index in [0.717, 1.165) is 19.4 Å². The van der Waals surface area contributed by atoms with E-state index in [1.54, 1.807) is 29.7 Å². The van der Waals surface area contributed by atoms with Gasteiger partial charge in [-0.05, 0) is 41.5 Å². The van der Waals surface area contributed by atoms with Crippen molar-refractivity contribution in [2.24, 2.45) is 0 Å². The number of phenolic OH excluding ortho intramolecular Hbond substituents is 1. The van der Waals surface area contributed by atoms with Gasteiger partial charge in [-0.15, -0.1) is 16.4 Å². The lowest BCUT2D eigenvalue weighted by atomic mass is 10.2. The second-order valence-corrected chi connectivity index (χ2v) is 10.8. The highest BCUT2D eigenvalue weighted by Crippen LogP contribution is 2.32. The molecule has 0 aliphatic heterocycles. The average molecular weight is 512 g/mol. The summed E-state index contributed by atoms with van der Waals surface area (Å²) in [4.78, 5) is 13.0. The number of carbonyl (C=O) groups excluding carboxylic acids is 1. The molecule has 0 radical (unpaired) electrons. The van der Waals surface area contributed by atoms with E-state index in [0.29, 0.717) is 11.3 Å². The fourth-order valence-corrected chi connectivity index (χ4v) is 5.86. The van der Waals surface area contributed by atoms with Crippen molar-refractivity contribution >= 4 is 39.0 Å². The highest BCUT2D eigenvalue weighted by atomic mass is 32.2. The molecule has 0 atom stereocenters. The number of aromatic hydroxyl groups is 1. The molecule has 0 fully saturated rings. The van der Waals surface area contributed by atoms with Crippen LogP contribution >= 0.6 is 11.3 Å². The highest BCUT2D eigenvalue weighted by molar-refractivity contribution is 7.91. The average Bonchev–Trinajstić information content (AvgIpc) is 3.54. The van der Waals surface area contributed by atoms with Gasteiger partial charge in [-0.2, -0.15) is 4.31 Å². The number of nitrogens with zero attached hydrogens (tertiary/aromatic N) is 4. The first-order valence-corrected chi connectivity index (χ1v) is 12.5. The van der Waals surface area contributed by atoms with Crippen LogP contribution in [0.1, 0.15) is 11.3 Å². The number of phenols is 1.